The Morgan fingerprint density at radius 2 is 0.508 bits per heavy atom. The Morgan fingerprint density at radius 3 is 0.775 bits per heavy atom. The largest absolute Gasteiger partial charge is 0.460 e. The summed E-state index contributed by atoms with van der Waals surface area (Å²) in [5, 5.41) is 0. The Labute approximate surface area is 734 Å². The van der Waals surface area contributed by atoms with Gasteiger partial charge in [-0.1, -0.05) is 180 Å². The topological polar surface area (TPSA) is 132 Å². The minimum absolute atomic E-state index is 0.0788. The van der Waals surface area contributed by atoms with Gasteiger partial charge in [-0.15, -0.1) is 0 Å². The molecule has 10 bridgehead atoms. The van der Waals surface area contributed by atoms with Gasteiger partial charge in [-0.2, -0.15) is 0 Å². The van der Waals surface area contributed by atoms with E-state index in [2.05, 4.69) is 90.0 Å². The fourth-order valence-corrected chi connectivity index (χ4v) is 36.4. The molecule has 19 fully saturated rings. The van der Waals surface area contributed by atoms with Gasteiger partial charge in [-0.25, -0.2) is 0 Å². The molecule has 120 heavy (non-hydrogen) atoms. The van der Waals surface area contributed by atoms with E-state index in [9.17, 15) is 24.0 Å². The maximum Gasteiger partial charge on any atom is 0.309 e. The lowest BCUT2D eigenvalue weighted by Gasteiger charge is -2.41. The van der Waals surface area contributed by atoms with Gasteiger partial charge < -0.3 is 23.7 Å². The molecule has 35 unspecified atom stereocenters. The van der Waals surface area contributed by atoms with Crippen LogP contribution in [0.15, 0.2) is 0 Å². The van der Waals surface area contributed by atoms with Gasteiger partial charge in [-0.05, 0) is 424 Å². The Bertz CT molecular complexity index is 3390. The quantitative estimate of drug-likeness (QED) is 0.0720. The van der Waals surface area contributed by atoms with Gasteiger partial charge in [0.15, 0.2) is 0 Å². The Hall–Kier alpha value is -2.65. The summed E-state index contributed by atoms with van der Waals surface area (Å²) in [6, 6.07) is 0. The minimum Gasteiger partial charge on any atom is -0.460 e. The van der Waals surface area contributed by atoms with Crippen LogP contribution in [0.4, 0.5) is 0 Å². The SMILES string of the molecule is CCC1CC(CC)C2C3CC(CC3C(=O)OC(C)(C)C)C12.CCC1CC(CC)C2C3CC(CC3C(=O)OC(C)(C)CC)C12.CCC1CC(CC)C2C3CC(CC3C(=O)OC3(C4CCCCC4)CCCC3)C12.CCC1CC(CC)C2C3CC(CC3C(=O)OC3(CC)CCCC3)C12.CCC1CC(CC)C2C3CC(CC3C(=O)OC3(CC)CCCCC3)C12. The van der Waals surface area contributed by atoms with Gasteiger partial charge >= 0.3 is 29.8 Å². The second-order valence-electron chi connectivity index (χ2n) is 47.9. The zero-order chi connectivity index (χ0) is 85.2. The average molecular weight is 1660 g/mol. The van der Waals surface area contributed by atoms with Crippen LogP contribution in [-0.2, 0) is 47.7 Å². The van der Waals surface area contributed by atoms with Crippen molar-refractivity contribution in [3.63, 3.8) is 0 Å². The molecule has 0 aromatic heterocycles. The molecule has 0 N–H and O–H groups in total. The van der Waals surface area contributed by atoms with E-state index in [4.69, 9.17) is 23.7 Å². The molecule has 0 saturated heterocycles. The van der Waals surface area contributed by atoms with Gasteiger partial charge in [0.2, 0.25) is 0 Å². The van der Waals surface area contributed by atoms with Crippen LogP contribution in [0.1, 0.15) is 420 Å². The van der Waals surface area contributed by atoms with Crippen LogP contribution in [0.5, 0.6) is 0 Å². The van der Waals surface area contributed by atoms with E-state index in [0.29, 0.717) is 35.5 Å². The summed E-state index contributed by atoms with van der Waals surface area (Å²) < 4.78 is 30.7. The van der Waals surface area contributed by atoms with Crippen molar-refractivity contribution >= 4 is 29.8 Å². The van der Waals surface area contributed by atoms with Gasteiger partial charge in [0.25, 0.3) is 0 Å². The van der Waals surface area contributed by atoms with Crippen LogP contribution in [0.25, 0.3) is 0 Å². The third kappa shape index (κ3) is 17.5. The van der Waals surface area contributed by atoms with Crippen molar-refractivity contribution in [3.05, 3.63) is 0 Å². The van der Waals surface area contributed by atoms with Crippen molar-refractivity contribution < 1.29 is 47.7 Å². The zero-order valence-electron chi connectivity index (χ0n) is 80.4. The molecule has 0 spiro atoms. The second-order valence-corrected chi connectivity index (χ2v) is 47.9. The van der Waals surface area contributed by atoms with E-state index >= 15 is 0 Å². The van der Waals surface area contributed by atoms with Crippen LogP contribution in [0.3, 0.4) is 0 Å². The van der Waals surface area contributed by atoms with Crippen LogP contribution >= 0.6 is 0 Å². The number of hydrogen-bond acceptors (Lipinski definition) is 10. The summed E-state index contributed by atoms with van der Waals surface area (Å²) in [5.41, 5.74) is -0.953. The average Bonchev–Trinajstić information content (AvgIpc) is 1.60. The predicted molar refractivity (Wildman–Crippen MR) is 484 cm³/mol. The number of carbonyl (C=O) groups excluding carboxylic acids is 5. The highest BCUT2D eigenvalue weighted by atomic mass is 16.6. The molecule has 19 rings (SSSR count). The molecule has 10 heteroatoms. The molecule has 0 heterocycles. The number of ether oxygens (including phenoxy) is 5. The van der Waals surface area contributed by atoms with Crippen LogP contribution in [0, 0.1) is 213 Å². The van der Waals surface area contributed by atoms with Crippen molar-refractivity contribution in [2.24, 2.45) is 213 Å². The molecule has 0 radical (unpaired) electrons. The molecule has 0 amide bonds. The maximum atomic E-state index is 13.6. The van der Waals surface area contributed by atoms with Gasteiger partial charge in [0.05, 0.1) is 29.6 Å². The summed E-state index contributed by atoms with van der Waals surface area (Å²) in [7, 11) is 0. The second kappa shape index (κ2) is 38.2. The predicted octanol–water partition coefficient (Wildman–Crippen LogP) is 28.1. The van der Waals surface area contributed by atoms with E-state index < -0.39 is 0 Å². The van der Waals surface area contributed by atoms with E-state index in [-0.39, 0.29) is 87.4 Å². The smallest absolute Gasteiger partial charge is 0.309 e. The Kier molecular flexibility index (Phi) is 29.3. The van der Waals surface area contributed by atoms with E-state index in [1.807, 2.05) is 34.6 Å². The zero-order valence-corrected chi connectivity index (χ0v) is 80.4. The number of carbonyl (C=O) groups is 5. The Morgan fingerprint density at radius 1 is 0.267 bits per heavy atom. The van der Waals surface area contributed by atoms with E-state index in [1.54, 1.807) is 0 Å². The molecule has 19 aliphatic carbocycles. The standard InChI is InChI=1S/C26H42O2.C23H38O2.C22H36O2.C20H34O2.C19H32O2/c1-3-17-14-18(4-2)24-21-15-19(23(17)24)16-22(21)25(27)28-26(12-8-9-13-26)20-10-6-5-7-11-20;1-4-15-12-16(5-2)21-18-13-17(20(15)21)14-19(18)22(24)25-23(6-3)10-8-7-9-11-23;1-4-14-11-15(5-2)20-17-12-16(19(14)20)13-18(17)21(23)24-22(6-3)9-7-8-10-22;1-6-12-9-13(7-2)18-15-10-14(17(12)18)11-16(15)19(21)22-20(4,5)8-3;1-6-11-8-12(7-2)17-14-9-13(16(11)17)10-15(14)18(20)21-19(3,4)5/h17-24H,3-16H2,1-2H3;15-21H,4-14H2,1-3H3;14-20H,4-13H2,1-3H3;12-18H,6-11H2,1-5H3;11-17H,6-10H2,1-5H3. The summed E-state index contributed by atoms with van der Waals surface area (Å²) in [4.78, 5) is 65.1. The van der Waals surface area contributed by atoms with Crippen LogP contribution in [-0.4, -0.2) is 57.9 Å². The van der Waals surface area contributed by atoms with Crippen LogP contribution in [0.2, 0.25) is 0 Å². The third-order valence-corrected chi connectivity index (χ3v) is 41.8. The van der Waals surface area contributed by atoms with Crippen molar-refractivity contribution in [1.29, 1.82) is 0 Å². The molecule has 19 saturated carbocycles. The lowest BCUT2D eigenvalue weighted by molar-refractivity contribution is -0.176. The summed E-state index contributed by atoms with van der Waals surface area (Å²) in [6.45, 7) is 40.2. The molecule has 35 atom stereocenters. The molecule has 0 aliphatic heterocycles. The highest BCUT2D eigenvalue weighted by Gasteiger charge is 2.68. The van der Waals surface area contributed by atoms with Crippen molar-refractivity contribution in [2.75, 3.05) is 0 Å². The number of fused-ring (bicyclic) bond motifs is 25. The highest BCUT2D eigenvalue weighted by Crippen LogP contribution is 2.72. The molecule has 0 aromatic carbocycles. The molecule has 19 aliphatic rings. The lowest BCUT2D eigenvalue weighted by Crippen LogP contribution is -2.44. The van der Waals surface area contributed by atoms with E-state index in [0.717, 1.165) is 238 Å². The summed E-state index contributed by atoms with van der Waals surface area (Å²) in [6.07, 6.45) is 57.5. The summed E-state index contributed by atoms with van der Waals surface area (Å²) >= 11 is 0. The van der Waals surface area contributed by atoms with E-state index in [1.165, 1.54) is 205 Å². The van der Waals surface area contributed by atoms with Gasteiger partial charge in [0.1, 0.15) is 28.0 Å². The van der Waals surface area contributed by atoms with Gasteiger partial charge in [0, 0.05) is 0 Å². The third-order valence-electron chi connectivity index (χ3n) is 41.8. The monoisotopic (exact) mass is 1660 g/mol. The first-order valence-electron chi connectivity index (χ1n) is 53.8. The summed E-state index contributed by atoms with van der Waals surface area (Å²) in [5.74, 6) is 27.5. The lowest BCUT2D eigenvalue weighted by atomic mass is 9.70. The first-order valence-corrected chi connectivity index (χ1v) is 53.8. The highest BCUT2D eigenvalue weighted by molar-refractivity contribution is 5.76. The fraction of sp³-hybridized carbons (Fsp3) is 0.955. The van der Waals surface area contributed by atoms with Crippen molar-refractivity contribution in [2.45, 2.75) is 448 Å². The molecule has 10 nitrogen and oxygen atoms in total. The number of hydrogen-bond donors (Lipinski definition) is 0. The normalized spacial score (nSPS) is 44.7. The first-order chi connectivity index (χ1) is 57.7. The fourth-order valence-electron chi connectivity index (χ4n) is 36.4. The number of esters is 5. The molecular formula is C110H182O10. The van der Waals surface area contributed by atoms with Crippen molar-refractivity contribution in [3.8, 4) is 0 Å². The van der Waals surface area contributed by atoms with Crippen LogP contribution < -0.4 is 0 Å². The minimum atomic E-state index is -0.343. The molecular weight excluding hydrogens is 1480 g/mol. The Balaban J connectivity index is 0.000000117. The maximum absolute atomic E-state index is 13.6. The molecule has 682 valence electrons. The van der Waals surface area contributed by atoms with Crippen molar-refractivity contribution in [1.82, 2.24) is 0 Å². The van der Waals surface area contributed by atoms with Gasteiger partial charge in [-0.3, -0.25) is 24.0 Å². The number of rotatable bonds is 23. The first kappa shape index (κ1) is 92.1. The molecule has 0 aromatic rings.